The lowest BCUT2D eigenvalue weighted by atomic mass is 10.1. The van der Waals surface area contributed by atoms with Gasteiger partial charge in [0.15, 0.2) is 18.1 Å². The Bertz CT molecular complexity index is 1590. The molecule has 1 heterocycles. The number of amides is 5. The van der Waals surface area contributed by atoms with Crippen molar-refractivity contribution in [1.82, 2.24) is 5.32 Å². The molecule has 0 saturated carbocycles. The summed E-state index contributed by atoms with van der Waals surface area (Å²) in [6.07, 6.45) is 1.26. The Morgan fingerprint density at radius 2 is 1.88 bits per heavy atom. The molecule has 0 unspecified atom stereocenters. The molecule has 13 heteroatoms. The van der Waals surface area contributed by atoms with Crippen molar-refractivity contribution in [2.45, 2.75) is 6.92 Å². The fourth-order valence-electron chi connectivity index (χ4n) is 3.83. The fourth-order valence-corrected chi connectivity index (χ4v) is 4.61. The zero-order valence-electron chi connectivity index (χ0n) is 21.1. The minimum atomic E-state index is -1.03. The van der Waals surface area contributed by atoms with Gasteiger partial charge in [-0.1, -0.05) is 18.2 Å². The maximum Gasteiger partial charge on any atom is 0.335 e. The molecule has 0 radical (unpaired) electrons. The van der Waals surface area contributed by atoms with E-state index in [-0.39, 0.29) is 41.0 Å². The van der Waals surface area contributed by atoms with Gasteiger partial charge < -0.3 is 14.8 Å². The molecule has 0 bridgehead atoms. The first-order chi connectivity index (χ1) is 19.1. The maximum atomic E-state index is 13.2. The topological polar surface area (TPSA) is 157 Å². The molecule has 0 aliphatic carbocycles. The Labute approximate surface area is 241 Å². The number of nitrogens with one attached hydrogen (secondary N) is 2. The molecule has 1 aliphatic heterocycles. The number of carbonyl (C=O) groups excluding carboxylic acids is 4. The van der Waals surface area contributed by atoms with Crippen LogP contribution in [0.25, 0.3) is 6.08 Å². The van der Waals surface area contributed by atoms with Crippen molar-refractivity contribution >= 4 is 69.5 Å². The van der Waals surface area contributed by atoms with E-state index < -0.39 is 22.8 Å². The molecule has 1 fully saturated rings. The molecule has 0 atom stereocenters. The second-order valence-electron chi connectivity index (χ2n) is 8.48. The molecule has 2 N–H and O–H groups in total. The molecule has 3 aromatic rings. The average molecular weight is 656 g/mol. The van der Waals surface area contributed by atoms with E-state index >= 15 is 0 Å². The minimum absolute atomic E-state index is 0.0741. The SMILES string of the molecule is COc1cc(/C=C2\C(=O)NC(=O)N(c3cccc([N+](=O)[O-])c3)C2=O)cc(I)c1OCC(=O)Nc1cccc(C)c1. The molecule has 4 rings (SSSR count). The van der Waals surface area contributed by atoms with Crippen LogP contribution in [0.4, 0.5) is 21.9 Å². The molecule has 204 valence electrons. The van der Waals surface area contributed by atoms with E-state index in [9.17, 15) is 29.3 Å². The predicted molar refractivity (Wildman–Crippen MR) is 153 cm³/mol. The number of halogens is 1. The van der Waals surface area contributed by atoms with Crippen molar-refractivity contribution in [3.63, 3.8) is 0 Å². The number of hydrogen-bond acceptors (Lipinski definition) is 8. The highest BCUT2D eigenvalue weighted by Gasteiger charge is 2.37. The van der Waals surface area contributed by atoms with Crippen LogP contribution in [0.5, 0.6) is 11.5 Å². The standard InChI is InChI=1S/C27H21IN4O8/c1-15-5-3-6-17(9-15)29-23(33)14-40-24-21(28)11-16(12-22(24)39-2)10-20-25(34)30-27(36)31(26(20)35)18-7-4-8-19(13-18)32(37)38/h3-13H,14H2,1-2H3,(H,29,33)(H,30,34,36)/b20-10+. The number of nitrogens with zero attached hydrogens (tertiary/aromatic N) is 2. The van der Waals surface area contributed by atoms with Gasteiger partial charge in [-0.2, -0.15) is 0 Å². The molecule has 0 spiro atoms. The Morgan fingerprint density at radius 1 is 1.12 bits per heavy atom. The lowest BCUT2D eigenvalue weighted by molar-refractivity contribution is -0.384. The minimum Gasteiger partial charge on any atom is -0.493 e. The molecule has 0 aromatic heterocycles. The highest BCUT2D eigenvalue weighted by molar-refractivity contribution is 14.1. The van der Waals surface area contributed by atoms with E-state index in [2.05, 4.69) is 10.6 Å². The summed E-state index contributed by atoms with van der Waals surface area (Å²) in [5.41, 5.74) is 1.20. The smallest absolute Gasteiger partial charge is 0.335 e. The summed E-state index contributed by atoms with van der Waals surface area (Å²) in [4.78, 5) is 61.7. The molecular weight excluding hydrogens is 635 g/mol. The second kappa shape index (κ2) is 11.9. The van der Waals surface area contributed by atoms with E-state index in [1.807, 2.05) is 47.7 Å². The first-order valence-electron chi connectivity index (χ1n) is 11.6. The van der Waals surface area contributed by atoms with Crippen molar-refractivity contribution in [3.8, 4) is 11.5 Å². The number of rotatable bonds is 8. The highest BCUT2D eigenvalue weighted by Crippen LogP contribution is 2.35. The third kappa shape index (κ3) is 6.26. The van der Waals surface area contributed by atoms with Crippen LogP contribution in [0, 0.1) is 20.6 Å². The number of nitro groups is 1. The quantitative estimate of drug-likeness (QED) is 0.120. The van der Waals surface area contributed by atoms with Crippen LogP contribution in [0.2, 0.25) is 0 Å². The summed E-state index contributed by atoms with van der Waals surface area (Å²) in [5.74, 6) is -1.77. The third-order valence-electron chi connectivity index (χ3n) is 5.61. The number of hydrogen-bond donors (Lipinski definition) is 2. The first kappa shape index (κ1) is 28.2. The fraction of sp³-hybridized carbons (Fsp3) is 0.111. The van der Waals surface area contributed by atoms with Gasteiger partial charge in [-0.15, -0.1) is 0 Å². The monoisotopic (exact) mass is 656 g/mol. The van der Waals surface area contributed by atoms with Crippen LogP contribution in [0.3, 0.4) is 0 Å². The Kier molecular flexibility index (Phi) is 8.43. The number of ether oxygens (including phenoxy) is 2. The van der Waals surface area contributed by atoms with Crippen LogP contribution in [0.1, 0.15) is 11.1 Å². The van der Waals surface area contributed by atoms with Gasteiger partial charge in [-0.25, -0.2) is 9.69 Å². The van der Waals surface area contributed by atoms with Gasteiger partial charge in [-0.3, -0.25) is 29.8 Å². The lowest BCUT2D eigenvalue weighted by Crippen LogP contribution is -2.54. The molecular formula is C27H21IN4O8. The molecule has 1 aliphatic rings. The number of nitro benzene ring substituents is 1. The van der Waals surface area contributed by atoms with E-state index in [4.69, 9.17) is 9.47 Å². The number of urea groups is 1. The van der Waals surface area contributed by atoms with Crippen LogP contribution < -0.4 is 25.0 Å². The van der Waals surface area contributed by atoms with Gasteiger partial charge in [0.2, 0.25) is 0 Å². The summed E-state index contributed by atoms with van der Waals surface area (Å²) in [6.45, 7) is 1.60. The van der Waals surface area contributed by atoms with Crippen molar-refractivity contribution < 1.29 is 33.6 Å². The van der Waals surface area contributed by atoms with Gasteiger partial charge in [0.05, 0.1) is 21.3 Å². The predicted octanol–water partition coefficient (Wildman–Crippen LogP) is 4.20. The first-order valence-corrected chi connectivity index (χ1v) is 12.7. The van der Waals surface area contributed by atoms with Crippen molar-refractivity contribution in [1.29, 1.82) is 0 Å². The van der Waals surface area contributed by atoms with Crippen molar-refractivity contribution in [2.75, 3.05) is 23.9 Å². The number of anilines is 2. The van der Waals surface area contributed by atoms with E-state index in [1.54, 1.807) is 12.1 Å². The second-order valence-corrected chi connectivity index (χ2v) is 9.64. The van der Waals surface area contributed by atoms with Gasteiger partial charge in [-0.05, 0) is 77.0 Å². The number of barbiturate groups is 1. The normalized spacial score (nSPS) is 14.1. The number of methoxy groups -OCH3 is 1. The van der Waals surface area contributed by atoms with Gasteiger partial charge in [0.25, 0.3) is 23.4 Å². The molecule has 5 amide bonds. The Morgan fingerprint density at radius 3 is 2.58 bits per heavy atom. The molecule has 1 saturated heterocycles. The summed E-state index contributed by atoms with van der Waals surface area (Å²) in [6, 6.07) is 14.3. The third-order valence-corrected chi connectivity index (χ3v) is 6.41. The Balaban J connectivity index is 1.57. The van der Waals surface area contributed by atoms with Crippen LogP contribution in [0.15, 0.2) is 66.2 Å². The molecule has 12 nitrogen and oxygen atoms in total. The van der Waals surface area contributed by atoms with E-state index in [0.29, 0.717) is 19.7 Å². The van der Waals surface area contributed by atoms with Gasteiger partial charge >= 0.3 is 6.03 Å². The van der Waals surface area contributed by atoms with E-state index in [1.165, 1.54) is 37.5 Å². The zero-order valence-corrected chi connectivity index (χ0v) is 23.3. The Hall–Kier alpha value is -4.79. The number of non-ortho nitro benzene ring substituents is 1. The summed E-state index contributed by atoms with van der Waals surface area (Å²) >= 11 is 1.96. The molecule has 40 heavy (non-hydrogen) atoms. The number of imide groups is 2. The van der Waals surface area contributed by atoms with Crippen LogP contribution in [-0.2, 0) is 14.4 Å². The number of carbonyl (C=O) groups is 4. The lowest BCUT2D eigenvalue weighted by Gasteiger charge is -2.26. The van der Waals surface area contributed by atoms with Crippen LogP contribution in [-0.4, -0.2) is 42.4 Å². The maximum absolute atomic E-state index is 13.2. The van der Waals surface area contributed by atoms with E-state index in [0.717, 1.165) is 11.6 Å². The highest BCUT2D eigenvalue weighted by atomic mass is 127. The largest absolute Gasteiger partial charge is 0.493 e. The van der Waals surface area contributed by atoms with Crippen molar-refractivity contribution in [2.24, 2.45) is 0 Å². The van der Waals surface area contributed by atoms with Gasteiger partial charge in [0.1, 0.15) is 5.57 Å². The summed E-state index contributed by atoms with van der Waals surface area (Å²) < 4.78 is 11.6. The summed E-state index contributed by atoms with van der Waals surface area (Å²) in [7, 11) is 1.39. The average Bonchev–Trinajstić information content (AvgIpc) is 2.90. The zero-order chi connectivity index (χ0) is 29.0. The van der Waals surface area contributed by atoms with Crippen molar-refractivity contribution in [3.05, 3.63) is 91.0 Å². The van der Waals surface area contributed by atoms with Gasteiger partial charge in [0, 0.05) is 17.8 Å². The summed E-state index contributed by atoms with van der Waals surface area (Å²) in [5, 5.41) is 16.0. The number of benzene rings is 3. The van der Waals surface area contributed by atoms with Crippen LogP contribution >= 0.6 is 22.6 Å². The molecule has 3 aromatic carbocycles. The number of aryl methyl sites for hydroxylation is 1.